The van der Waals surface area contributed by atoms with Gasteiger partial charge < -0.3 is 24.7 Å². The van der Waals surface area contributed by atoms with E-state index in [1.165, 1.54) is 17.0 Å². The molecule has 8 nitrogen and oxygen atoms in total. The number of anilines is 1. The van der Waals surface area contributed by atoms with Crippen LogP contribution in [0, 0.1) is 0 Å². The van der Waals surface area contributed by atoms with E-state index in [1.807, 2.05) is 19.0 Å². The zero-order valence-electron chi connectivity index (χ0n) is 11.4. The minimum atomic E-state index is -5.19. The molecule has 0 aromatic carbocycles. The van der Waals surface area contributed by atoms with Gasteiger partial charge in [-0.15, -0.1) is 0 Å². The van der Waals surface area contributed by atoms with Crippen LogP contribution in [0.4, 0.5) is 5.69 Å². The summed E-state index contributed by atoms with van der Waals surface area (Å²) in [6.45, 7) is 0.0378. The maximum absolute atomic E-state index is 11.7. The molecule has 114 valence electrons. The van der Waals surface area contributed by atoms with Gasteiger partial charge in [-0.1, -0.05) is 0 Å². The van der Waals surface area contributed by atoms with Gasteiger partial charge in [0, 0.05) is 38.6 Å². The molecule has 2 unspecified atom stereocenters. The van der Waals surface area contributed by atoms with Crippen LogP contribution in [0.25, 0.3) is 0 Å². The fraction of sp³-hybridized carbons (Fsp3) is 0.500. The third-order valence-corrected chi connectivity index (χ3v) is 7.36. The molecule has 10 heteroatoms. The molecule has 4 N–H and O–H groups in total. The lowest BCUT2D eigenvalue weighted by Crippen LogP contribution is -2.47. The summed E-state index contributed by atoms with van der Waals surface area (Å²) in [6.07, 6.45) is 2.93. The molecule has 0 saturated carbocycles. The molecule has 0 bridgehead atoms. The number of aromatic nitrogens is 1. The molecule has 1 heterocycles. The van der Waals surface area contributed by atoms with Crippen LogP contribution in [-0.4, -0.2) is 45.6 Å². The van der Waals surface area contributed by atoms with E-state index < -0.39 is 26.6 Å². The summed E-state index contributed by atoms with van der Waals surface area (Å²) in [4.78, 5) is 29.7. The minimum Gasteiger partial charge on any atom is -0.377 e. The molecule has 0 spiro atoms. The lowest BCUT2D eigenvalue weighted by atomic mass is 10.4. The van der Waals surface area contributed by atoms with Gasteiger partial charge in [0.05, 0.1) is 0 Å². The first kappa shape index (κ1) is 17.3. The van der Waals surface area contributed by atoms with Crippen molar-refractivity contribution in [3.8, 4) is 0 Å². The fourth-order valence-corrected chi connectivity index (χ4v) is 4.27. The first-order chi connectivity index (χ1) is 8.88. The van der Waals surface area contributed by atoms with Crippen molar-refractivity contribution in [3.63, 3.8) is 0 Å². The number of pyridine rings is 1. The Morgan fingerprint density at radius 1 is 1.20 bits per heavy atom. The number of aliphatic hydroxyl groups is 1. The van der Waals surface area contributed by atoms with Crippen LogP contribution in [0.3, 0.4) is 0 Å². The Balaban J connectivity index is 3.16. The lowest BCUT2D eigenvalue weighted by molar-refractivity contribution is -0.703. The highest BCUT2D eigenvalue weighted by atomic mass is 31.2. The summed E-state index contributed by atoms with van der Waals surface area (Å²) in [5, 5.41) is 7.00. The average Bonchev–Trinajstić information content (AvgIpc) is 2.26. The Labute approximate surface area is 116 Å². The van der Waals surface area contributed by atoms with Crippen LogP contribution in [0.5, 0.6) is 0 Å². The molecular weight excluding hydrogens is 306 g/mol. The quantitative estimate of drug-likeness (QED) is 0.435. The van der Waals surface area contributed by atoms with Crippen molar-refractivity contribution in [2.45, 2.75) is 11.6 Å². The van der Waals surface area contributed by atoms with Gasteiger partial charge in [0.2, 0.25) is 7.37 Å². The topological polar surface area (TPSA) is 122 Å². The van der Waals surface area contributed by atoms with Crippen LogP contribution in [0.1, 0.15) is 0 Å². The second kappa shape index (κ2) is 5.56. The summed E-state index contributed by atoms with van der Waals surface area (Å²) in [5.41, 5.74) is 0.838. The normalized spacial score (nSPS) is 18.1. The van der Waals surface area contributed by atoms with Gasteiger partial charge in [-0.2, -0.15) is 0 Å². The van der Waals surface area contributed by atoms with Crippen molar-refractivity contribution in [2.24, 2.45) is 0 Å². The van der Waals surface area contributed by atoms with E-state index in [-0.39, 0.29) is 0 Å². The van der Waals surface area contributed by atoms with Crippen LogP contribution >= 0.6 is 15.0 Å². The maximum atomic E-state index is 11.7. The van der Waals surface area contributed by atoms with Crippen molar-refractivity contribution in [3.05, 3.63) is 24.5 Å². The molecule has 0 aliphatic carbocycles. The van der Waals surface area contributed by atoms with Crippen molar-refractivity contribution in [1.29, 1.82) is 0 Å². The number of hydrogen-bond donors (Lipinski definition) is 4. The molecule has 1 aromatic heterocycles. The van der Waals surface area contributed by atoms with Gasteiger partial charge in [0.25, 0.3) is 0 Å². The van der Waals surface area contributed by atoms with E-state index in [0.29, 0.717) is 0 Å². The average molecular weight is 325 g/mol. The van der Waals surface area contributed by atoms with Crippen molar-refractivity contribution in [2.75, 3.05) is 25.7 Å². The Morgan fingerprint density at radius 2 is 1.65 bits per heavy atom. The number of nitrogens with zero attached hydrogens (tertiary/aromatic N) is 2. The highest BCUT2D eigenvalue weighted by Gasteiger charge is 2.60. The summed E-state index contributed by atoms with van der Waals surface area (Å²) in [7, 11) is -6.00. The van der Waals surface area contributed by atoms with Gasteiger partial charge >= 0.3 is 12.7 Å². The largest absolute Gasteiger partial charge is 0.377 e. The molecular formula is C10H19N2O6P2+. The van der Waals surface area contributed by atoms with Crippen LogP contribution in [0.2, 0.25) is 0 Å². The zero-order valence-corrected chi connectivity index (χ0v) is 13.2. The smallest absolute Gasteiger partial charge is 0.373 e. The second-order valence-electron chi connectivity index (χ2n) is 4.82. The number of rotatable bonds is 5. The Kier molecular flexibility index (Phi) is 4.81. The third-order valence-electron chi connectivity index (χ3n) is 2.92. The molecule has 0 aliphatic rings. The van der Waals surface area contributed by atoms with Crippen LogP contribution in [0.15, 0.2) is 24.5 Å². The van der Waals surface area contributed by atoms with E-state index in [9.17, 15) is 28.9 Å². The zero-order chi connectivity index (χ0) is 15.8. The molecule has 0 saturated heterocycles. The van der Waals surface area contributed by atoms with E-state index in [2.05, 4.69) is 0 Å². The van der Waals surface area contributed by atoms with Crippen molar-refractivity contribution >= 4 is 20.7 Å². The standard InChI is InChI=1S/C10H18N2O6P2/c1-11(2)9-4-6-12(7-5-9)8-10(13,19(3,14)15)20(16,17)18/h4-7,13H,8H2,1-3H3,(H2-,14,15,16,17,18)/p+1. The van der Waals surface area contributed by atoms with Gasteiger partial charge in [-0.25, -0.2) is 4.57 Å². The molecule has 0 radical (unpaired) electrons. The summed E-state index contributed by atoms with van der Waals surface area (Å²) in [6, 6.07) is 3.30. The number of hydrogen-bond acceptors (Lipinski definition) is 4. The minimum absolute atomic E-state index is 0.685. The Morgan fingerprint density at radius 3 is 1.95 bits per heavy atom. The van der Waals surface area contributed by atoms with E-state index in [1.54, 1.807) is 12.1 Å². The SMILES string of the molecule is CN(C)c1cc[n+](CC(O)(P(C)(=O)O)P(=O)(O)O)cc1. The van der Waals surface area contributed by atoms with Crippen molar-refractivity contribution < 1.29 is 33.5 Å². The van der Waals surface area contributed by atoms with Crippen LogP contribution in [-0.2, 0) is 15.7 Å². The molecule has 1 aromatic rings. The van der Waals surface area contributed by atoms with E-state index in [0.717, 1.165) is 12.4 Å². The highest BCUT2D eigenvalue weighted by Crippen LogP contribution is 2.67. The first-order valence-corrected chi connectivity index (χ1v) is 9.35. The van der Waals surface area contributed by atoms with Gasteiger partial charge in [0.15, 0.2) is 18.9 Å². The second-order valence-corrected chi connectivity index (χ2v) is 9.50. The van der Waals surface area contributed by atoms with Gasteiger partial charge in [-0.05, 0) is 0 Å². The Bertz CT molecular complexity index is 540. The molecule has 0 amide bonds. The monoisotopic (exact) mass is 325 g/mol. The summed E-state index contributed by atoms with van der Waals surface area (Å²) >= 11 is 0. The maximum Gasteiger partial charge on any atom is 0.373 e. The Hall–Kier alpha value is -0.750. The molecule has 0 fully saturated rings. The van der Waals surface area contributed by atoms with Crippen LogP contribution < -0.4 is 9.47 Å². The predicted octanol–water partition coefficient (Wildman–Crippen LogP) is -0.236. The molecule has 2 atom stereocenters. The first-order valence-electron chi connectivity index (χ1n) is 5.63. The molecule has 1 rings (SSSR count). The summed E-state index contributed by atoms with van der Waals surface area (Å²) < 4.78 is 24.3. The summed E-state index contributed by atoms with van der Waals surface area (Å²) in [5.74, 6) is 0. The predicted molar refractivity (Wildman–Crippen MR) is 73.7 cm³/mol. The molecule has 20 heavy (non-hydrogen) atoms. The molecule has 0 aliphatic heterocycles. The van der Waals surface area contributed by atoms with Crippen molar-refractivity contribution in [1.82, 2.24) is 0 Å². The highest BCUT2D eigenvalue weighted by molar-refractivity contribution is 7.74. The lowest BCUT2D eigenvalue weighted by Gasteiger charge is -2.27. The van der Waals surface area contributed by atoms with Gasteiger partial charge in [-0.3, -0.25) is 9.13 Å². The van der Waals surface area contributed by atoms with E-state index >= 15 is 0 Å². The third kappa shape index (κ3) is 3.47. The van der Waals surface area contributed by atoms with Gasteiger partial charge in [0.1, 0.15) is 0 Å². The fourth-order valence-electron chi connectivity index (χ4n) is 1.56. The van der Waals surface area contributed by atoms with E-state index in [4.69, 9.17) is 0 Å².